The second kappa shape index (κ2) is 13.3. The number of hydrogen-bond acceptors (Lipinski definition) is 6. The molecule has 2 aromatic carbocycles. The molecule has 0 amide bonds. The molecule has 0 spiro atoms. The Balaban J connectivity index is 0.000000471. The van der Waals surface area contributed by atoms with Crippen LogP contribution in [0.3, 0.4) is 0 Å². The number of hydrogen-bond donors (Lipinski definition) is 4. The first-order valence-corrected chi connectivity index (χ1v) is 9.80. The van der Waals surface area contributed by atoms with Crippen LogP contribution < -0.4 is 0 Å². The first-order valence-electron chi connectivity index (χ1n) is 12.3. The number of aliphatic carboxylic acids is 3. The van der Waals surface area contributed by atoms with Crippen LogP contribution in [0.2, 0.25) is 0 Å². The quantitative estimate of drug-likeness (QED) is 0.392. The molecule has 1 unspecified atom stereocenters. The van der Waals surface area contributed by atoms with Crippen molar-refractivity contribution in [1.82, 2.24) is 4.90 Å². The van der Waals surface area contributed by atoms with Crippen LogP contribution in [-0.4, -0.2) is 76.1 Å². The summed E-state index contributed by atoms with van der Waals surface area (Å²) in [6.07, 6.45) is -3.00. The van der Waals surface area contributed by atoms with Crippen molar-refractivity contribution < 1.29 is 46.4 Å². The zero-order chi connectivity index (χ0) is 29.4. The normalized spacial score (nSPS) is 14.0. The average molecular weight is 467 g/mol. The average Bonchev–Trinajstić information content (AvgIpc) is 2.79. The van der Waals surface area contributed by atoms with Crippen molar-refractivity contribution in [1.29, 1.82) is 0 Å². The molecule has 9 heteroatoms. The third kappa shape index (κ3) is 10.3. The van der Waals surface area contributed by atoms with Crippen LogP contribution >= 0.6 is 0 Å². The molecular weight excluding hydrogens is 430 g/mol. The lowest BCUT2D eigenvalue weighted by Crippen LogP contribution is -2.42. The molecule has 2 aromatic rings. The van der Waals surface area contributed by atoms with Gasteiger partial charge in [0.1, 0.15) is 6.10 Å². The summed E-state index contributed by atoms with van der Waals surface area (Å²) in [6, 6.07) is 6.08. The maximum Gasteiger partial charge on any atom is 0.336 e. The van der Waals surface area contributed by atoms with Crippen LogP contribution in [0.4, 0.5) is 0 Å². The summed E-state index contributed by atoms with van der Waals surface area (Å²) in [5.41, 5.74) is -0.767. The van der Waals surface area contributed by atoms with E-state index in [1.54, 1.807) is 0 Å². The molecule has 0 aliphatic heterocycles. The number of likely N-dealkylation sites (N-methyl/N-ethyl adjacent to an activating group) is 1. The summed E-state index contributed by atoms with van der Waals surface area (Å²) in [6.45, 7) is 3.00. The third-order valence-corrected chi connectivity index (χ3v) is 4.23. The molecule has 0 aliphatic rings. The highest BCUT2D eigenvalue weighted by molar-refractivity contribution is 5.88. The molecule has 33 heavy (non-hydrogen) atoms. The van der Waals surface area contributed by atoms with E-state index in [1.165, 1.54) is 0 Å². The van der Waals surface area contributed by atoms with E-state index < -0.39 is 48.5 Å². The topological polar surface area (TPSA) is 145 Å². The first kappa shape index (κ1) is 20.3. The second-order valence-corrected chi connectivity index (χ2v) is 7.48. The van der Waals surface area contributed by atoms with Gasteiger partial charge in [-0.3, -0.25) is 9.59 Å². The standard InChI is InChI=1S/C18H23NO.C6H8O7/c1-15-8-7-11-17(14-15)18(20-13-12-19(2)3)16-9-5-4-6-10-16;7-3(8)1-6(13,5(11)12)2-4(9)10/h4-11,14,18H,12-13H2,1-3H3;13H,1-2H2,(H,7,8)(H,9,10)(H,11,12)/i4D,5D,6D,9D,10D;. The van der Waals surface area contributed by atoms with Crippen molar-refractivity contribution in [2.75, 3.05) is 27.2 Å². The maximum absolute atomic E-state index is 10.3. The lowest BCUT2D eigenvalue weighted by Gasteiger charge is -2.20. The molecular formula is C24H31NO8. The maximum atomic E-state index is 10.3. The number of carboxylic acid groups (broad SMARTS) is 3. The number of carboxylic acids is 3. The molecule has 4 N–H and O–H groups in total. The monoisotopic (exact) mass is 466 g/mol. The van der Waals surface area contributed by atoms with Crippen molar-refractivity contribution >= 4 is 17.9 Å². The zero-order valence-corrected chi connectivity index (χ0v) is 18.6. The van der Waals surface area contributed by atoms with Gasteiger partial charge in [0.05, 0.1) is 26.3 Å². The minimum Gasteiger partial charge on any atom is -0.481 e. The van der Waals surface area contributed by atoms with Gasteiger partial charge in [-0.25, -0.2) is 4.79 Å². The van der Waals surface area contributed by atoms with Crippen molar-refractivity contribution in [3.63, 3.8) is 0 Å². The first-order chi connectivity index (χ1) is 17.5. The fraction of sp³-hybridized carbons (Fsp3) is 0.375. The van der Waals surface area contributed by atoms with Crippen molar-refractivity contribution in [3.8, 4) is 0 Å². The van der Waals surface area contributed by atoms with E-state index in [9.17, 15) is 14.4 Å². The fourth-order valence-corrected chi connectivity index (χ4v) is 2.64. The zero-order valence-electron chi connectivity index (χ0n) is 23.6. The highest BCUT2D eigenvalue weighted by Crippen LogP contribution is 2.26. The fourth-order valence-electron chi connectivity index (χ4n) is 2.64. The van der Waals surface area contributed by atoms with Crippen LogP contribution in [0, 0.1) is 6.92 Å². The van der Waals surface area contributed by atoms with Crippen LogP contribution in [0.5, 0.6) is 0 Å². The smallest absolute Gasteiger partial charge is 0.336 e. The predicted molar refractivity (Wildman–Crippen MR) is 121 cm³/mol. The van der Waals surface area contributed by atoms with Gasteiger partial charge in [0.15, 0.2) is 5.60 Å². The largest absolute Gasteiger partial charge is 0.481 e. The summed E-state index contributed by atoms with van der Waals surface area (Å²) < 4.78 is 46.0. The molecule has 0 aliphatic carbocycles. The summed E-state index contributed by atoms with van der Waals surface area (Å²) in [4.78, 5) is 32.5. The van der Waals surface area contributed by atoms with Gasteiger partial charge in [-0.2, -0.15) is 0 Å². The number of carbonyl (C=O) groups is 3. The number of nitrogens with zero attached hydrogens (tertiary/aromatic N) is 1. The molecule has 0 bridgehead atoms. The minimum atomic E-state index is -2.74. The van der Waals surface area contributed by atoms with E-state index in [0.29, 0.717) is 13.2 Å². The van der Waals surface area contributed by atoms with E-state index >= 15 is 0 Å². The molecule has 1 atom stereocenters. The van der Waals surface area contributed by atoms with Gasteiger partial charge < -0.3 is 30.1 Å². The van der Waals surface area contributed by atoms with Crippen molar-refractivity contribution in [2.24, 2.45) is 0 Å². The van der Waals surface area contributed by atoms with E-state index in [4.69, 9.17) is 32.0 Å². The lowest BCUT2D eigenvalue weighted by molar-refractivity contribution is -0.170. The number of benzene rings is 2. The van der Waals surface area contributed by atoms with Gasteiger partial charge in [0.25, 0.3) is 0 Å². The number of rotatable bonds is 11. The van der Waals surface area contributed by atoms with E-state index in [2.05, 4.69) is 0 Å². The van der Waals surface area contributed by atoms with Gasteiger partial charge in [-0.05, 0) is 32.1 Å². The van der Waals surface area contributed by atoms with Crippen LogP contribution in [-0.2, 0) is 19.1 Å². The molecule has 0 heterocycles. The van der Waals surface area contributed by atoms with Gasteiger partial charge in [-0.15, -0.1) is 0 Å². The van der Waals surface area contributed by atoms with E-state index in [0.717, 1.165) is 11.1 Å². The van der Waals surface area contributed by atoms with Gasteiger partial charge in [-0.1, -0.05) is 60.0 Å². The molecule has 180 valence electrons. The second-order valence-electron chi connectivity index (χ2n) is 7.48. The Labute approximate surface area is 199 Å². The van der Waals surface area contributed by atoms with Crippen LogP contribution in [0.1, 0.15) is 42.5 Å². The van der Waals surface area contributed by atoms with Gasteiger partial charge in [0, 0.05) is 6.54 Å². The Hall–Kier alpha value is -3.27. The molecule has 0 saturated heterocycles. The molecule has 0 fully saturated rings. The minimum absolute atomic E-state index is 0.176. The van der Waals surface area contributed by atoms with Gasteiger partial charge in [0.2, 0.25) is 0 Å². The molecule has 0 aromatic heterocycles. The Morgan fingerprint density at radius 1 is 1.03 bits per heavy atom. The Kier molecular flexibility index (Phi) is 8.21. The molecule has 0 saturated carbocycles. The Bertz CT molecular complexity index is 1130. The molecule has 9 nitrogen and oxygen atoms in total. The van der Waals surface area contributed by atoms with E-state index in [1.807, 2.05) is 50.2 Å². The van der Waals surface area contributed by atoms with Crippen LogP contribution in [0.25, 0.3) is 0 Å². The number of aryl methyl sites for hydroxylation is 1. The summed E-state index contributed by atoms with van der Waals surface area (Å²) in [5.74, 6) is -5.02. The molecule has 0 radical (unpaired) electrons. The summed E-state index contributed by atoms with van der Waals surface area (Å²) in [7, 11) is 3.85. The molecule has 2 rings (SSSR count). The SMILES string of the molecule is O=C(O)CC(O)(CC(=O)O)C(=O)O.[2H]c1c([2H])c([2H])c(C(OCCN(C)C)c2cccc(C)c2)c([2H])c1[2H]. The highest BCUT2D eigenvalue weighted by Gasteiger charge is 2.40. The summed E-state index contributed by atoms with van der Waals surface area (Å²) >= 11 is 0. The number of ether oxygens (including phenoxy) is 1. The Morgan fingerprint density at radius 3 is 2.06 bits per heavy atom. The predicted octanol–water partition coefficient (Wildman–Crippen LogP) is 2.41. The number of aliphatic hydroxyl groups is 1. The Morgan fingerprint density at radius 2 is 1.61 bits per heavy atom. The lowest BCUT2D eigenvalue weighted by atomic mass is 9.96. The highest BCUT2D eigenvalue weighted by atomic mass is 16.5. The van der Waals surface area contributed by atoms with Gasteiger partial charge >= 0.3 is 17.9 Å². The van der Waals surface area contributed by atoms with Crippen LogP contribution in [0.15, 0.2) is 54.5 Å². The summed E-state index contributed by atoms with van der Waals surface area (Å²) in [5, 5.41) is 33.8. The third-order valence-electron chi connectivity index (χ3n) is 4.23. The van der Waals surface area contributed by atoms with E-state index in [-0.39, 0.29) is 29.7 Å². The van der Waals surface area contributed by atoms with Crippen molar-refractivity contribution in [3.05, 3.63) is 71.2 Å². The van der Waals surface area contributed by atoms with Crippen molar-refractivity contribution in [2.45, 2.75) is 31.5 Å².